The minimum Gasteiger partial charge on any atom is -0.330 e. The predicted octanol–water partition coefficient (Wildman–Crippen LogP) is 1.70. The fraction of sp³-hybridized carbons (Fsp3) is 0.364. The molecule has 0 amide bonds. The summed E-state index contributed by atoms with van der Waals surface area (Å²) in [5.74, 6) is 0.329. The van der Waals surface area contributed by atoms with Crippen LogP contribution in [0.2, 0.25) is 0 Å². The van der Waals surface area contributed by atoms with E-state index >= 15 is 0 Å². The predicted molar refractivity (Wildman–Crippen MR) is 57.4 cm³/mol. The molecule has 2 N–H and O–H groups in total. The van der Waals surface area contributed by atoms with Crippen molar-refractivity contribution < 1.29 is 0 Å². The highest BCUT2D eigenvalue weighted by Crippen LogP contribution is 2.15. The van der Waals surface area contributed by atoms with Gasteiger partial charge in [-0.15, -0.1) is 0 Å². The van der Waals surface area contributed by atoms with Crippen molar-refractivity contribution in [2.45, 2.75) is 19.8 Å². The zero-order chi connectivity index (χ0) is 10.1. The average molecular weight is 189 g/mol. The maximum absolute atomic E-state index is 5.61. The zero-order valence-corrected chi connectivity index (χ0v) is 8.57. The Bertz CT molecular complexity index is 445. The molecule has 14 heavy (non-hydrogen) atoms. The van der Waals surface area contributed by atoms with Crippen LogP contribution in [0.1, 0.15) is 24.1 Å². The third-order valence-corrected chi connectivity index (χ3v) is 2.50. The van der Waals surface area contributed by atoms with Crippen molar-refractivity contribution >= 4 is 5.52 Å². The lowest BCUT2D eigenvalue weighted by Crippen LogP contribution is -2.09. The van der Waals surface area contributed by atoms with Crippen LogP contribution in [0.15, 0.2) is 24.4 Å². The standard InChI is InChI=1S/C11H15N3/c1-8-3-4-14-10(5-8)6-11(13-14)9(2)7-12/h3-6,9H,7,12H2,1-2H3. The van der Waals surface area contributed by atoms with E-state index in [2.05, 4.69) is 37.1 Å². The number of pyridine rings is 1. The molecule has 0 spiro atoms. The Morgan fingerprint density at radius 3 is 3.00 bits per heavy atom. The number of nitrogens with two attached hydrogens (primary N) is 1. The minimum absolute atomic E-state index is 0.329. The van der Waals surface area contributed by atoms with Crippen molar-refractivity contribution in [3.8, 4) is 0 Å². The van der Waals surface area contributed by atoms with Gasteiger partial charge in [0.05, 0.1) is 11.2 Å². The molecule has 2 heterocycles. The molecule has 3 heteroatoms. The van der Waals surface area contributed by atoms with Gasteiger partial charge in [-0.05, 0) is 30.7 Å². The first kappa shape index (κ1) is 9.21. The Hall–Kier alpha value is -1.35. The number of rotatable bonds is 2. The molecular weight excluding hydrogens is 174 g/mol. The summed E-state index contributed by atoms with van der Waals surface area (Å²) >= 11 is 0. The molecule has 0 radical (unpaired) electrons. The molecule has 74 valence electrons. The molecule has 0 bridgehead atoms. The van der Waals surface area contributed by atoms with E-state index in [9.17, 15) is 0 Å². The molecule has 0 aliphatic rings. The van der Waals surface area contributed by atoms with Gasteiger partial charge in [-0.3, -0.25) is 0 Å². The summed E-state index contributed by atoms with van der Waals surface area (Å²) in [5.41, 5.74) is 9.07. The molecule has 0 aliphatic carbocycles. The number of hydrogen-bond donors (Lipinski definition) is 1. The molecule has 0 fully saturated rings. The Balaban J connectivity index is 2.51. The number of fused-ring (bicyclic) bond motifs is 1. The van der Waals surface area contributed by atoms with Gasteiger partial charge in [-0.1, -0.05) is 6.92 Å². The summed E-state index contributed by atoms with van der Waals surface area (Å²) in [6.45, 7) is 4.82. The van der Waals surface area contributed by atoms with E-state index in [-0.39, 0.29) is 0 Å². The fourth-order valence-corrected chi connectivity index (χ4v) is 1.49. The van der Waals surface area contributed by atoms with E-state index in [1.54, 1.807) is 0 Å². The highest BCUT2D eigenvalue weighted by Gasteiger charge is 2.07. The Morgan fingerprint density at radius 1 is 1.50 bits per heavy atom. The summed E-state index contributed by atoms with van der Waals surface area (Å²) in [6.07, 6.45) is 1.98. The number of nitrogens with zero attached hydrogens (tertiary/aromatic N) is 2. The van der Waals surface area contributed by atoms with Crippen LogP contribution in [-0.4, -0.2) is 16.2 Å². The highest BCUT2D eigenvalue weighted by molar-refractivity contribution is 5.49. The molecule has 3 nitrogen and oxygen atoms in total. The monoisotopic (exact) mass is 189 g/mol. The van der Waals surface area contributed by atoms with Crippen molar-refractivity contribution in [1.82, 2.24) is 9.61 Å². The van der Waals surface area contributed by atoms with Crippen LogP contribution in [0.25, 0.3) is 5.52 Å². The second-order valence-electron chi connectivity index (χ2n) is 3.78. The molecule has 0 aromatic carbocycles. The van der Waals surface area contributed by atoms with Crippen molar-refractivity contribution in [2.75, 3.05) is 6.54 Å². The summed E-state index contributed by atoms with van der Waals surface area (Å²) in [5, 5.41) is 4.46. The number of hydrogen-bond acceptors (Lipinski definition) is 2. The van der Waals surface area contributed by atoms with E-state index in [1.165, 1.54) is 5.56 Å². The van der Waals surface area contributed by atoms with Gasteiger partial charge < -0.3 is 5.73 Å². The van der Waals surface area contributed by atoms with Crippen LogP contribution < -0.4 is 5.73 Å². The van der Waals surface area contributed by atoms with Gasteiger partial charge in [0, 0.05) is 18.7 Å². The first-order valence-corrected chi connectivity index (χ1v) is 4.86. The zero-order valence-electron chi connectivity index (χ0n) is 8.57. The summed E-state index contributed by atoms with van der Waals surface area (Å²) < 4.78 is 1.90. The molecule has 2 aromatic heterocycles. The molecular formula is C11H15N3. The van der Waals surface area contributed by atoms with Gasteiger partial charge in [-0.25, -0.2) is 4.52 Å². The van der Waals surface area contributed by atoms with Crippen molar-refractivity contribution in [2.24, 2.45) is 5.73 Å². The Labute approximate surface area is 83.5 Å². The molecule has 0 saturated carbocycles. The maximum Gasteiger partial charge on any atom is 0.0675 e. The van der Waals surface area contributed by atoms with Crippen LogP contribution in [-0.2, 0) is 0 Å². The van der Waals surface area contributed by atoms with E-state index in [4.69, 9.17) is 5.73 Å². The lowest BCUT2D eigenvalue weighted by Gasteiger charge is -2.01. The van der Waals surface area contributed by atoms with Crippen molar-refractivity contribution in [3.05, 3.63) is 35.7 Å². The topological polar surface area (TPSA) is 43.3 Å². The van der Waals surface area contributed by atoms with Gasteiger partial charge in [0.2, 0.25) is 0 Å². The summed E-state index contributed by atoms with van der Waals surface area (Å²) in [6, 6.07) is 6.28. The lowest BCUT2D eigenvalue weighted by atomic mass is 10.1. The Kier molecular flexibility index (Phi) is 2.25. The quantitative estimate of drug-likeness (QED) is 0.781. The molecule has 1 atom stereocenters. The highest BCUT2D eigenvalue weighted by atomic mass is 15.2. The third-order valence-electron chi connectivity index (χ3n) is 2.50. The SMILES string of the molecule is Cc1ccn2nc(C(C)CN)cc2c1. The normalized spacial score (nSPS) is 13.4. The lowest BCUT2D eigenvalue weighted by molar-refractivity contribution is 0.728. The second-order valence-corrected chi connectivity index (χ2v) is 3.78. The molecule has 1 unspecified atom stereocenters. The van der Waals surface area contributed by atoms with Crippen LogP contribution in [0.4, 0.5) is 0 Å². The van der Waals surface area contributed by atoms with E-state index < -0.39 is 0 Å². The molecule has 2 aromatic rings. The molecule has 0 saturated heterocycles. The van der Waals surface area contributed by atoms with Crippen LogP contribution in [0.5, 0.6) is 0 Å². The smallest absolute Gasteiger partial charge is 0.0675 e. The largest absolute Gasteiger partial charge is 0.330 e. The van der Waals surface area contributed by atoms with E-state index in [0.717, 1.165) is 11.2 Å². The maximum atomic E-state index is 5.61. The number of aromatic nitrogens is 2. The first-order chi connectivity index (χ1) is 6.70. The van der Waals surface area contributed by atoms with Gasteiger partial charge in [0.25, 0.3) is 0 Å². The van der Waals surface area contributed by atoms with Crippen molar-refractivity contribution in [1.29, 1.82) is 0 Å². The summed E-state index contributed by atoms with van der Waals surface area (Å²) in [4.78, 5) is 0. The Morgan fingerprint density at radius 2 is 2.29 bits per heavy atom. The average Bonchev–Trinajstić information content (AvgIpc) is 2.59. The van der Waals surface area contributed by atoms with E-state index in [0.29, 0.717) is 12.5 Å². The van der Waals surface area contributed by atoms with Crippen LogP contribution >= 0.6 is 0 Å². The first-order valence-electron chi connectivity index (χ1n) is 4.86. The molecule has 0 aliphatic heterocycles. The van der Waals surface area contributed by atoms with Crippen LogP contribution in [0.3, 0.4) is 0 Å². The second kappa shape index (κ2) is 3.42. The van der Waals surface area contributed by atoms with Gasteiger partial charge in [-0.2, -0.15) is 5.10 Å². The van der Waals surface area contributed by atoms with Gasteiger partial charge >= 0.3 is 0 Å². The van der Waals surface area contributed by atoms with Crippen LogP contribution in [0, 0.1) is 6.92 Å². The number of aryl methyl sites for hydroxylation is 1. The van der Waals surface area contributed by atoms with Gasteiger partial charge in [0.1, 0.15) is 0 Å². The molecule has 2 rings (SSSR count). The van der Waals surface area contributed by atoms with Gasteiger partial charge in [0.15, 0.2) is 0 Å². The summed E-state index contributed by atoms with van der Waals surface area (Å²) in [7, 11) is 0. The van der Waals surface area contributed by atoms with E-state index in [1.807, 2.05) is 10.7 Å². The minimum atomic E-state index is 0.329. The fourth-order valence-electron chi connectivity index (χ4n) is 1.49. The third kappa shape index (κ3) is 1.51. The van der Waals surface area contributed by atoms with Crippen molar-refractivity contribution in [3.63, 3.8) is 0 Å².